The van der Waals surface area contributed by atoms with E-state index in [0.717, 1.165) is 130 Å². The van der Waals surface area contributed by atoms with Gasteiger partial charge in [-0.1, -0.05) is 177 Å². The van der Waals surface area contributed by atoms with Gasteiger partial charge in [0.25, 0.3) is 0 Å². The molecule has 12 unspecified atom stereocenters. The van der Waals surface area contributed by atoms with E-state index < -0.39 is 0 Å². The van der Waals surface area contributed by atoms with E-state index in [1.165, 1.54) is 77.0 Å². The van der Waals surface area contributed by atoms with Gasteiger partial charge < -0.3 is 0 Å². The summed E-state index contributed by atoms with van der Waals surface area (Å²) in [7, 11) is 0. The third-order valence-corrected chi connectivity index (χ3v) is 27.1. The molecule has 13 rings (SSSR count). The zero-order valence-electron chi connectivity index (χ0n) is 46.0. The molecule has 13 aliphatic carbocycles. The van der Waals surface area contributed by atoms with Crippen molar-refractivity contribution in [3.8, 4) is 0 Å². The predicted molar refractivity (Wildman–Crippen MR) is 296 cm³/mol. The predicted octanol–water partition coefficient (Wildman–Crippen LogP) is 20.7. The van der Waals surface area contributed by atoms with Crippen LogP contribution in [0.25, 0.3) is 0 Å². The zero-order valence-corrected chi connectivity index (χ0v) is 46.0. The van der Waals surface area contributed by atoms with Crippen molar-refractivity contribution >= 4 is 0 Å². The second-order valence-electron chi connectivity index (χ2n) is 29.8. The molecule has 0 nitrogen and oxygen atoms in total. The van der Waals surface area contributed by atoms with Gasteiger partial charge in [0.15, 0.2) is 0 Å². The third kappa shape index (κ3) is 9.47. The zero-order chi connectivity index (χ0) is 46.4. The highest BCUT2D eigenvalue weighted by atomic mass is 14.7. The number of hydrogen-bond acceptors (Lipinski definition) is 0. The molecule has 0 radical (unpaired) electrons. The minimum Gasteiger partial charge on any atom is -0.0811 e. The summed E-state index contributed by atoms with van der Waals surface area (Å²) in [4.78, 5) is 0. The van der Waals surface area contributed by atoms with E-state index in [9.17, 15) is 0 Å². The van der Waals surface area contributed by atoms with Crippen molar-refractivity contribution in [2.75, 3.05) is 0 Å². The molecule has 392 valence electrons. The standard InChI is InChI=1S/C70H112/c1-5-25-47(26-6-1)63(48-27-7-2-8-28-48)45-65-51-33-13-17-37-55(51)67(56-38-18-14-34-52(56)65)69-59-41-21-23-43-61(59)70(62-44-24-22-42-60(62)69)68-57-39-19-15-35-53(57)66(54-36-16-20-40-58(54)68)46-64(49-29-9-3-10-30-49)50-31-11-4-12-32-50/h45-62,65-70H,1-44H2. The first kappa shape index (κ1) is 49.1. The Kier molecular flexibility index (Phi) is 15.8. The fourth-order valence-electron chi connectivity index (χ4n) is 24.9. The second kappa shape index (κ2) is 22.6. The first-order chi connectivity index (χ1) is 34.8. The lowest BCUT2D eigenvalue weighted by Gasteiger charge is -2.67. The summed E-state index contributed by atoms with van der Waals surface area (Å²) in [6.07, 6.45) is 75.6. The van der Waals surface area contributed by atoms with Gasteiger partial charge in [0.05, 0.1) is 0 Å². The fourth-order valence-corrected chi connectivity index (χ4v) is 24.9. The summed E-state index contributed by atoms with van der Waals surface area (Å²) >= 11 is 0. The number of hydrogen-bond donors (Lipinski definition) is 0. The summed E-state index contributed by atoms with van der Waals surface area (Å²) in [5, 5.41) is 0. The Balaban J connectivity index is 0.858. The summed E-state index contributed by atoms with van der Waals surface area (Å²) in [6, 6.07) is 0. The van der Waals surface area contributed by atoms with Gasteiger partial charge in [0.2, 0.25) is 0 Å². The normalized spacial score (nSPS) is 46.7. The van der Waals surface area contributed by atoms with E-state index in [2.05, 4.69) is 23.3 Å². The summed E-state index contributed by atoms with van der Waals surface area (Å²) < 4.78 is 0. The van der Waals surface area contributed by atoms with Crippen LogP contribution >= 0.6 is 0 Å². The number of fused-ring (bicyclic) bond motifs is 6. The van der Waals surface area contributed by atoms with Crippen LogP contribution in [-0.2, 0) is 0 Å². The molecule has 13 fully saturated rings. The van der Waals surface area contributed by atoms with Gasteiger partial charge in [-0.25, -0.2) is 0 Å². The van der Waals surface area contributed by atoms with Crippen molar-refractivity contribution in [1.29, 1.82) is 0 Å². The molecule has 13 saturated carbocycles. The summed E-state index contributed by atoms with van der Waals surface area (Å²) in [5.74, 6) is 22.8. The van der Waals surface area contributed by atoms with Crippen LogP contribution in [0.4, 0.5) is 0 Å². The molecule has 70 heavy (non-hydrogen) atoms. The topological polar surface area (TPSA) is 0 Å². The molecule has 0 aromatic carbocycles. The molecule has 13 aliphatic rings. The van der Waals surface area contributed by atoms with Crippen LogP contribution < -0.4 is 0 Å². The molecule has 0 N–H and O–H groups in total. The monoisotopic (exact) mass is 953 g/mol. The van der Waals surface area contributed by atoms with Gasteiger partial charge in [-0.2, -0.15) is 0 Å². The van der Waals surface area contributed by atoms with Crippen molar-refractivity contribution in [2.24, 2.45) is 130 Å². The van der Waals surface area contributed by atoms with Crippen molar-refractivity contribution in [1.82, 2.24) is 0 Å². The fraction of sp³-hybridized carbons (Fsp3) is 0.943. The molecule has 0 heterocycles. The highest BCUT2D eigenvalue weighted by molar-refractivity contribution is 5.22. The minimum absolute atomic E-state index is 0.943. The van der Waals surface area contributed by atoms with Crippen molar-refractivity contribution in [3.05, 3.63) is 23.3 Å². The first-order valence-corrected chi connectivity index (χ1v) is 34.2. The quantitative estimate of drug-likeness (QED) is 0.213. The van der Waals surface area contributed by atoms with Crippen molar-refractivity contribution in [2.45, 2.75) is 283 Å². The lowest BCUT2D eigenvalue weighted by Crippen LogP contribution is -2.61. The lowest BCUT2D eigenvalue weighted by atomic mass is 9.38. The van der Waals surface area contributed by atoms with Gasteiger partial charge in [-0.05, 0) is 259 Å². The SMILES string of the molecule is C(=C(C1CCCCC1)C1CCCCC1)C1C2CCCCC2C(C2C3CCCCC3C(C3C4CCCCC4C(C=C(C4CCCCC4)C4CCCCC4)C4CCCCC43)C3CCCCC32)C2CCCCC12. The Hall–Kier alpha value is -0.520. The lowest BCUT2D eigenvalue weighted by molar-refractivity contribution is -0.184. The Bertz CT molecular complexity index is 1480. The van der Waals surface area contributed by atoms with Crippen LogP contribution in [-0.4, -0.2) is 0 Å². The molecule has 0 aromatic rings. The van der Waals surface area contributed by atoms with E-state index in [1.54, 1.807) is 205 Å². The van der Waals surface area contributed by atoms with Crippen LogP contribution in [0.5, 0.6) is 0 Å². The average molecular weight is 954 g/mol. The molecule has 0 saturated heterocycles. The van der Waals surface area contributed by atoms with Crippen molar-refractivity contribution in [3.63, 3.8) is 0 Å². The largest absolute Gasteiger partial charge is 0.0811 e. The van der Waals surface area contributed by atoms with E-state index >= 15 is 0 Å². The maximum absolute atomic E-state index is 3.26. The Morgan fingerprint density at radius 1 is 0.171 bits per heavy atom. The molecule has 0 spiro atoms. The van der Waals surface area contributed by atoms with Crippen molar-refractivity contribution < 1.29 is 0 Å². The molecule has 0 bridgehead atoms. The van der Waals surface area contributed by atoms with Crippen LogP contribution in [0.3, 0.4) is 0 Å². The van der Waals surface area contributed by atoms with Crippen LogP contribution in [0.1, 0.15) is 283 Å². The highest BCUT2D eigenvalue weighted by Gasteiger charge is 2.63. The van der Waals surface area contributed by atoms with E-state index in [1.807, 2.05) is 0 Å². The Morgan fingerprint density at radius 2 is 0.329 bits per heavy atom. The maximum Gasteiger partial charge on any atom is -0.0168 e. The molecular weight excluding hydrogens is 841 g/mol. The van der Waals surface area contributed by atoms with Crippen LogP contribution in [0, 0.1) is 130 Å². The van der Waals surface area contributed by atoms with Gasteiger partial charge in [0.1, 0.15) is 0 Å². The number of allylic oxidation sites excluding steroid dienone is 4. The van der Waals surface area contributed by atoms with Crippen LogP contribution in [0.15, 0.2) is 23.3 Å². The molecule has 12 atom stereocenters. The summed E-state index contributed by atoms with van der Waals surface area (Å²) in [6.45, 7) is 0. The van der Waals surface area contributed by atoms with Gasteiger partial charge >= 0.3 is 0 Å². The summed E-state index contributed by atoms with van der Waals surface area (Å²) in [5.41, 5.74) is 4.20. The third-order valence-electron chi connectivity index (χ3n) is 27.1. The molecular formula is C70H112. The first-order valence-electron chi connectivity index (χ1n) is 34.2. The van der Waals surface area contributed by atoms with E-state index in [0.29, 0.717) is 0 Å². The Labute approximate surface area is 433 Å². The Morgan fingerprint density at radius 3 is 0.529 bits per heavy atom. The maximum atomic E-state index is 3.26. The van der Waals surface area contributed by atoms with Crippen LogP contribution in [0.2, 0.25) is 0 Å². The minimum atomic E-state index is 0.943. The van der Waals surface area contributed by atoms with E-state index in [-0.39, 0.29) is 0 Å². The molecule has 0 amide bonds. The average Bonchev–Trinajstić information content (AvgIpc) is 3.44. The molecule has 0 aromatic heterocycles. The van der Waals surface area contributed by atoms with Gasteiger partial charge in [0, 0.05) is 0 Å². The van der Waals surface area contributed by atoms with Gasteiger partial charge in [-0.3, -0.25) is 0 Å². The number of rotatable bonds is 8. The second-order valence-corrected chi connectivity index (χ2v) is 29.8. The smallest absolute Gasteiger partial charge is 0.0168 e. The molecule has 0 heteroatoms. The van der Waals surface area contributed by atoms with E-state index in [4.69, 9.17) is 0 Å². The molecule has 0 aliphatic heterocycles. The van der Waals surface area contributed by atoms with Gasteiger partial charge in [-0.15, -0.1) is 0 Å². The highest BCUT2D eigenvalue weighted by Crippen LogP contribution is 2.70.